The van der Waals surface area contributed by atoms with E-state index in [0.717, 1.165) is 35.4 Å². The number of halogens is 1. The molecule has 5 heteroatoms. The van der Waals surface area contributed by atoms with Crippen LogP contribution >= 0.6 is 0 Å². The third kappa shape index (κ3) is 2.77. The highest BCUT2D eigenvalue weighted by atomic mass is 19.1. The van der Waals surface area contributed by atoms with Crippen LogP contribution < -0.4 is 5.32 Å². The maximum atomic E-state index is 12.9. The van der Waals surface area contributed by atoms with Crippen molar-refractivity contribution in [2.75, 3.05) is 0 Å². The normalized spacial score (nSPS) is 16.8. The number of benzene rings is 1. The van der Waals surface area contributed by atoms with Crippen molar-refractivity contribution in [3.63, 3.8) is 0 Å². The van der Waals surface area contributed by atoms with Gasteiger partial charge >= 0.3 is 0 Å². The third-order valence-corrected chi connectivity index (χ3v) is 4.63. The van der Waals surface area contributed by atoms with E-state index in [2.05, 4.69) is 14.7 Å². The van der Waals surface area contributed by atoms with Crippen LogP contribution in [0.4, 0.5) is 4.39 Å². The molecule has 0 bridgehead atoms. The highest BCUT2D eigenvalue weighted by molar-refractivity contribution is 5.79. The molecule has 1 aliphatic rings. The molecule has 0 saturated heterocycles. The predicted octanol–water partition coefficient (Wildman–Crippen LogP) is 2.89. The van der Waals surface area contributed by atoms with E-state index in [-0.39, 0.29) is 17.6 Å². The first-order valence-corrected chi connectivity index (χ1v) is 8.18. The van der Waals surface area contributed by atoms with Crippen molar-refractivity contribution in [3.05, 3.63) is 71.4 Å². The molecule has 1 atom stereocenters. The number of fused-ring (bicyclic) bond motifs is 3. The van der Waals surface area contributed by atoms with E-state index < -0.39 is 0 Å². The minimum atomic E-state index is -0.266. The number of hydrogen-bond donors (Lipinski definition) is 1. The van der Waals surface area contributed by atoms with Crippen molar-refractivity contribution >= 4 is 11.6 Å². The van der Waals surface area contributed by atoms with Gasteiger partial charge in [-0.3, -0.25) is 4.79 Å². The van der Waals surface area contributed by atoms with E-state index in [4.69, 9.17) is 0 Å². The molecule has 0 radical (unpaired) electrons. The number of amides is 1. The molecule has 1 aromatic carbocycles. The first kappa shape index (κ1) is 14.9. The number of nitrogens with one attached hydrogen (secondary N) is 1. The molecule has 4 nitrogen and oxygen atoms in total. The first-order valence-electron chi connectivity index (χ1n) is 8.18. The van der Waals surface area contributed by atoms with Crippen LogP contribution in [0.1, 0.15) is 23.4 Å². The minimum absolute atomic E-state index is 0.0435. The number of pyridine rings is 1. The standard InChI is InChI=1S/C19H18FN3O/c20-15-7-4-13(5-8-15)12-21-19(24)14-6-9-16-17(11-14)23-10-2-1-3-18(23)22-16/h1-5,7-8,10,14H,6,9,11-12H2,(H,21,24). The van der Waals surface area contributed by atoms with E-state index in [1.165, 1.54) is 12.1 Å². The fraction of sp³-hybridized carbons (Fsp3) is 0.263. The molecule has 0 aliphatic heterocycles. The average Bonchev–Trinajstić information content (AvgIpc) is 2.99. The van der Waals surface area contributed by atoms with E-state index in [1.54, 1.807) is 12.1 Å². The van der Waals surface area contributed by atoms with Crippen LogP contribution in [-0.4, -0.2) is 15.3 Å². The Bertz CT molecular complexity index is 885. The average molecular weight is 323 g/mol. The van der Waals surface area contributed by atoms with Gasteiger partial charge in [-0.25, -0.2) is 9.37 Å². The van der Waals surface area contributed by atoms with Crippen LogP contribution in [0.2, 0.25) is 0 Å². The molecule has 1 amide bonds. The van der Waals surface area contributed by atoms with Gasteiger partial charge in [-0.15, -0.1) is 0 Å². The summed E-state index contributed by atoms with van der Waals surface area (Å²) in [4.78, 5) is 17.1. The summed E-state index contributed by atoms with van der Waals surface area (Å²) in [5.41, 5.74) is 4.08. The Morgan fingerprint density at radius 3 is 2.92 bits per heavy atom. The predicted molar refractivity (Wildman–Crippen MR) is 89.0 cm³/mol. The fourth-order valence-corrected chi connectivity index (χ4v) is 3.32. The lowest BCUT2D eigenvalue weighted by Gasteiger charge is -2.21. The second-order valence-electron chi connectivity index (χ2n) is 6.22. The number of carbonyl (C=O) groups excluding carboxylic acids is 1. The van der Waals surface area contributed by atoms with Gasteiger partial charge in [-0.2, -0.15) is 0 Å². The summed E-state index contributed by atoms with van der Waals surface area (Å²) < 4.78 is 15.0. The summed E-state index contributed by atoms with van der Waals surface area (Å²) in [5.74, 6) is -0.258. The summed E-state index contributed by atoms with van der Waals surface area (Å²) in [5, 5.41) is 2.97. The molecular formula is C19H18FN3O. The van der Waals surface area contributed by atoms with Crippen molar-refractivity contribution in [2.45, 2.75) is 25.8 Å². The summed E-state index contributed by atoms with van der Waals surface area (Å²) in [6, 6.07) is 12.1. The lowest BCUT2D eigenvalue weighted by Crippen LogP contribution is -2.34. The van der Waals surface area contributed by atoms with Crippen molar-refractivity contribution in [1.29, 1.82) is 0 Å². The second kappa shape index (κ2) is 6.07. The largest absolute Gasteiger partial charge is 0.352 e. The van der Waals surface area contributed by atoms with Crippen molar-refractivity contribution < 1.29 is 9.18 Å². The molecule has 0 spiro atoms. The zero-order chi connectivity index (χ0) is 16.5. The SMILES string of the molecule is O=C(NCc1ccc(F)cc1)C1CCc2nc3ccccn3c2C1. The number of rotatable bonds is 3. The fourth-order valence-electron chi connectivity index (χ4n) is 3.32. The van der Waals surface area contributed by atoms with E-state index in [0.29, 0.717) is 13.0 Å². The molecular weight excluding hydrogens is 305 g/mol. The number of nitrogens with zero attached hydrogens (tertiary/aromatic N) is 2. The number of carbonyl (C=O) groups is 1. The molecule has 1 unspecified atom stereocenters. The number of aryl methyl sites for hydroxylation is 1. The third-order valence-electron chi connectivity index (χ3n) is 4.63. The Balaban J connectivity index is 1.45. The van der Waals surface area contributed by atoms with Crippen LogP contribution in [0.3, 0.4) is 0 Å². The Kier molecular flexibility index (Phi) is 3.76. The molecule has 1 aliphatic carbocycles. The molecule has 0 saturated carbocycles. The lowest BCUT2D eigenvalue weighted by atomic mass is 9.89. The summed E-state index contributed by atoms with van der Waals surface area (Å²) in [6.45, 7) is 0.426. The number of hydrogen-bond acceptors (Lipinski definition) is 2. The van der Waals surface area contributed by atoms with Gasteiger partial charge in [-0.05, 0) is 42.7 Å². The molecule has 2 aromatic heterocycles. The Hall–Kier alpha value is -2.69. The topological polar surface area (TPSA) is 46.4 Å². The monoisotopic (exact) mass is 323 g/mol. The minimum Gasteiger partial charge on any atom is -0.352 e. The van der Waals surface area contributed by atoms with Crippen LogP contribution in [0.25, 0.3) is 5.65 Å². The van der Waals surface area contributed by atoms with Gasteiger partial charge in [0.2, 0.25) is 5.91 Å². The van der Waals surface area contributed by atoms with E-state index >= 15 is 0 Å². The van der Waals surface area contributed by atoms with E-state index in [9.17, 15) is 9.18 Å². The molecule has 122 valence electrons. The van der Waals surface area contributed by atoms with Gasteiger partial charge < -0.3 is 9.72 Å². The molecule has 0 fully saturated rings. The number of imidazole rings is 1. The molecule has 1 N–H and O–H groups in total. The molecule has 24 heavy (non-hydrogen) atoms. The Morgan fingerprint density at radius 2 is 2.08 bits per heavy atom. The first-order chi connectivity index (χ1) is 11.7. The molecule has 3 aromatic rings. The summed E-state index contributed by atoms with van der Waals surface area (Å²) >= 11 is 0. The molecule has 4 rings (SSSR count). The smallest absolute Gasteiger partial charge is 0.223 e. The van der Waals surface area contributed by atoms with Crippen LogP contribution in [0.15, 0.2) is 48.7 Å². The van der Waals surface area contributed by atoms with Crippen LogP contribution in [0, 0.1) is 11.7 Å². The highest BCUT2D eigenvalue weighted by Crippen LogP contribution is 2.26. The van der Waals surface area contributed by atoms with Gasteiger partial charge in [0, 0.05) is 30.8 Å². The summed E-state index contributed by atoms with van der Waals surface area (Å²) in [6.07, 6.45) is 4.34. The zero-order valence-corrected chi connectivity index (χ0v) is 13.2. The zero-order valence-electron chi connectivity index (χ0n) is 13.2. The molecule has 2 heterocycles. The van der Waals surface area contributed by atoms with Gasteiger partial charge in [0.1, 0.15) is 11.5 Å². The van der Waals surface area contributed by atoms with Gasteiger partial charge in [0.25, 0.3) is 0 Å². The number of aromatic nitrogens is 2. The summed E-state index contributed by atoms with van der Waals surface area (Å²) in [7, 11) is 0. The quantitative estimate of drug-likeness (QED) is 0.805. The Labute approximate surface area is 139 Å². The van der Waals surface area contributed by atoms with Gasteiger partial charge in [0.05, 0.1) is 5.69 Å². The second-order valence-corrected chi connectivity index (χ2v) is 6.22. The van der Waals surface area contributed by atoms with E-state index in [1.807, 2.05) is 24.4 Å². The Morgan fingerprint density at radius 1 is 1.25 bits per heavy atom. The highest BCUT2D eigenvalue weighted by Gasteiger charge is 2.27. The van der Waals surface area contributed by atoms with Crippen LogP contribution in [0.5, 0.6) is 0 Å². The lowest BCUT2D eigenvalue weighted by molar-refractivity contribution is -0.125. The van der Waals surface area contributed by atoms with Gasteiger partial charge in [0.15, 0.2) is 0 Å². The van der Waals surface area contributed by atoms with Crippen molar-refractivity contribution in [2.24, 2.45) is 5.92 Å². The maximum Gasteiger partial charge on any atom is 0.223 e. The van der Waals surface area contributed by atoms with Crippen molar-refractivity contribution in [3.8, 4) is 0 Å². The van der Waals surface area contributed by atoms with Crippen molar-refractivity contribution in [1.82, 2.24) is 14.7 Å². The maximum absolute atomic E-state index is 12.9. The van der Waals surface area contributed by atoms with Crippen LogP contribution in [-0.2, 0) is 24.2 Å². The van der Waals surface area contributed by atoms with Gasteiger partial charge in [-0.1, -0.05) is 18.2 Å².